The number of rotatable bonds is 9. The van der Waals surface area contributed by atoms with E-state index in [4.69, 9.17) is 0 Å². The summed E-state index contributed by atoms with van der Waals surface area (Å²) in [5, 5.41) is 3.20. The molecule has 27 heavy (non-hydrogen) atoms. The Morgan fingerprint density at radius 3 is 2.41 bits per heavy atom. The Bertz CT molecular complexity index is 931. The van der Waals surface area contributed by atoms with E-state index in [2.05, 4.69) is 20.0 Å². The predicted octanol–water partition coefficient (Wildman–Crippen LogP) is 3.46. The SMILES string of the molecule is O=S(=O)(CCCc1ccccc1)Nc1ccc(NCc2ccccn2)cn1. The molecule has 0 aliphatic heterocycles. The largest absolute Gasteiger partial charge is 0.378 e. The molecule has 2 heterocycles. The summed E-state index contributed by atoms with van der Waals surface area (Å²) in [4.78, 5) is 8.40. The lowest BCUT2D eigenvalue weighted by Gasteiger charge is -2.09. The van der Waals surface area contributed by atoms with E-state index >= 15 is 0 Å². The van der Waals surface area contributed by atoms with E-state index in [9.17, 15) is 8.42 Å². The smallest absolute Gasteiger partial charge is 0.233 e. The van der Waals surface area contributed by atoms with E-state index in [1.807, 2.05) is 48.5 Å². The second kappa shape index (κ2) is 9.14. The van der Waals surface area contributed by atoms with Crippen LogP contribution < -0.4 is 10.0 Å². The zero-order valence-electron chi connectivity index (χ0n) is 14.9. The molecule has 7 heteroatoms. The number of sulfonamides is 1. The van der Waals surface area contributed by atoms with Crippen LogP contribution in [0, 0.1) is 0 Å². The highest BCUT2D eigenvalue weighted by molar-refractivity contribution is 7.92. The van der Waals surface area contributed by atoms with Crippen LogP contribution in [0.15, 0.2) is 73.1 Å². The standard InChI is InChI=1S/C20H22N4O2S/c25-27(26,14-6-9-17-7-2-1-3-8-17)24-20-12-11-19(16-23-20)22-15-18-10-4-5-13-21-18/h1-5,7-8,10-13,16,22H,6,9,14-15H2,(H,23,24). The summed E-state index contributed by atoms with van der Waals surface area (Å²) in [5.41, 5.74) is 2.85. The molecule has 3 rings (SSSR count). The summed E-state index contributed by atoms with van der Waals surface area (Å²) >= 11 is 0. The number of hydrogen-bond acceptors (Lipinski definition) is 5. The van der Waals surface area contributed by atoms with Crippen molar-refractivity contribution in [3.05, 3.63) is 84.3 Å². The molecule has 6 nitrogen and oxygen atoms in total. The summed E-state index contributed by atoms with van der Waals surface area (Å²) in [6.07, 6.45) is 4.63. The average molecular weight is 382 g/mol. The third-order valence-electron chi connectivity index (χ3n) is 3.94. The van der Waals surface area contributed by atoms with E-state index in [1.54, 1.807) is 24.5 Å². The first-order chi connectivity index (χ1) is 13.1. The second-order valence-electron chi connectivity index (χ2n) is 6.12. The molecule has 0 bridgehead atoms. The van der Waals surface area contributed by atoms with Crippen LogP contribution in [-0.2, 0) is 23.0 Å². The summed E-state index contributed by atoms with van der Waals surface area (Å²) < 4.78 is 26.9. The topological polar surface area (TPSA) is 84.0 Å². The molecule has 1 aromatic carbocycles. The fourth-order valence-electron chi connectivity index (χ4n) is 2.58. The predicted molar refractivity (Wildman–Crippen MR) is 108 cm³/mol. The fraction of sp³-hybridized carbons (Fsp3) is 0.200. The molecular formula is C20H22N4O2S. The zero-order valence-corrected chi connectivity index (χ0v) is 15.7. The van der Waals surface area contributed by atoms with Crippen LogP contribution in [0.5, 0.6) is 0 Å². The summed E-state index contributed by atoms with van der Waals surface area (Å²) in [7, 11) is -3.42. The summed E-state index contributed by atoms with van der Waals surface area (Å²) in [6.45, 7) is 0.576. The van der Waals surface area contributed by atoms with Crippen molar-refractivity contribution in [3.63, 3.8) is 0 Å². The first-order valence-electron chi connectivity index (χ1n) is 8.75. The van der Waals surface area contributed by atoms with Gasteiger partial charge in [-0.2, -0.15) is 0 Å². The minimum absolute atomic E-state index is 0.0588. The van der Waals surface area contributed by atoms with Crippen LogP contribution in [0.1, 0.15) is 17.7 Å². The average Bonchev–Trinajstić information content (AvgIpc) is 2.69. The summed E-state index contributed by atoms with van der Waals surface area (Å²) in [6, 6.07) is 19.0. The lowest BCUT2D eigenvalue weighted by atomic mass is 10.1. The van der Waals surface area contributed by atoms with E-state index in [1.165, 1.54) is 0 Å². The highest BCUT2D eigenvalue weighted by Gasteiger charge is 2.11. The highest BCUT2D eigenvalue weighted by atomic mass is 32.2. The molecule has 0 saturated carbocycles. The molecule has 2 aromatic heterocycles. The number of aromatic nitrogens is 2. The van der Waals surface area contributed by atoms with Gasteiger partial charge < -0.3 is 5.32 Å². The van der Waals surface area contributed by atoms with Crippen molar-refractivity contribution in [1.82, 2.24) is 9.97 Å². The van der Waals surface area contributed by atoms with Gasteiger partial charge in [0.2, 0.25) is 10.0 Å². The first kappa shape index (κ1) is 18.8. The van der Waals surface area contributed by atoms with Crippen molar-refractivity contribution in [2.75, 3.05) is 15.8 Å². The van der Waals surface area contributed by atoms with Gasteiger partial charge in [-0.25, -0.2) is 13.4 Å². The number of anilines is 2. The van der Waals surface area contributed by atoms with E-state index < -0.39 is 10.0 Å². The van der Waals surface area contributed by atoms with Crippen LogP contribution >= 0.6 is 0 Å². The third kappa shape index (κ3) is 6.38. The number of aryl methyl sites for hydroxylation is 1. The molecule has 0 unspecified atom stereocenters. The van der Waals surface area contributed by atoms with Gasteiger partial charge in [-0.05, 0) is 42.7 Å². The molecule has 3 aromatic rings. The molecule has 0 aliphatic carbocycles. The highest BCUT2D eigenvalue weighted by Crippen LogP contribution is 2.13. The van der Waals surface area contributed by atoms with Gasteiger partial charge in [-0.15, -0.1) is 0 Å². The fourth-order valence-corrected chi connectivity index (χ4v) is 3.64. The Labute approximate surface area is 159 Å². The first-order valence-corrected chi connectivity index (χ1v) is 10.4. The lowest BCUT2D eigenvalue weighted by molar-refractivity contribution is 0.598. The van der Waals surface area contributed by atoms with Gasteiger partial charge in [-0.1, -0.05) is 36.4 Å². The van der Waals surface area contributed by atoms with Gasteiger partial charge in [0.1, 0.15) is 5.82 Å². The molecule has 0 atom stereocenters. The maximum Gasteiger partial charge on any atom is 0.233 e. The molecule has 0 radical (unpaired) electrons. The Balaban J connectivity index is 1.47. The van der Waals surface area contributed by atoms with E-state index in [-0.39, 0.29) is 5.75 Å². The minimum Gasteiger partial charge on any atom is -0.378 e. The van der Waals surface area contributed by atoms with Crippen molar-refractivity contribution in [2.45, 2.75) is 19.4 Å². The Morgan fingerprint density at radius 2 is 1.70 bits per heavy atom. The van der Waals surface area contributed by atoms with Crippen LogP contribution in [0.3, 0.4) is 0 Å². The number of pyridine rings is 2. The van der Waals surface area contributed by atoms with E-state index in [0.29, 0.717) is 18.8 Å². The number of hydrogen-bond donors (Lipinski definition) is 2. The van der Waals surface area contributed by atoms with Crippen molar-refractivity contribution >= 4 is 21.5 Å². The minimum atomic E-state index is -3.42. The Hall–Kier alpha value is -2.93. The van der Waals surface area contributed by atoms with Gasteiger partial charge in [0, 0.05) is 6.20 Å². The van der Waals surface area contributed by atoms with Gasteiger partial charge >= 0.3 is 0 Å². The maximum absolute atomic E-state index is 12.2. The number of benzene rings is 1. The third-order valence-corrected chi connectivity index (χ3v) is 5.29. The van der Waals surface area contributed by atoms with Crippen molar-refractivity contribution in [1.29, 1.82) is 0 Å². The summed E-state index contributed by atoms with van der Waals surface area (Å²) in [5.74, 6) is 0.376. The van der Waals surface area contributed by atoms with Crippen molar-refractivity contribution < 1.29 is 8.42 Å². The van der Waals surface area contributed by atoms with Crippen LogP contribution in [0.25, 0.3) is 0 Å². The van der Waals surface area contributed by atoms with Crippen LogP contribution in [0.2, 0.25) is 0 Å². The maximum atomic E-state index is 12.2. The molecule has 0 amide bonds. The van der Waals surface area contributed by atoms with Gasteiger partial charge in [0.15, 0.2) is 0 Å². The number of nitrogens with zero attached hydrogens (tertiary/aromatic N) is 2. The Kier molecular flexibility index (Phi) is 6.38. The molecular weight excluding hydrogens is 360 g/mol. The quantitative estimate of drug-likeness (QED) is 0.592. The Morgan fingerprint density at radius 1 is 0.889 bits per heavy atom. The van der Waals surface area contributed by atoms with Crippen LogP contribution in [-0.4, -0.2) is 24.1 Å². The van der Waals surface area contributed by atoms with Gasteiger partial charge in [0.05, 0.1) is 29.9 Å². The molecule has 0 aliphatic rings. The molecule has 2 N–H and O–H groups in total. The van der Waals surface area contributed by atoms with Gasteiger partial charge in [-0.3, -0.25) is 9.71 Å². The molecule has 0 spiro atoms. The monoisotopic (exact) mass is 382 g/mol. The number of nitrogens with one attached hydrogen (secondary N) is 2. The van der Waals surface area contributed by atoms with Crippen molar-refractivity contribution in [2.24, 2.45) is 0 Å². The molecule has 140 valence electrons. The molecule has 0 fully saturated rings. The van der Waals surface area contributed by atoms with Crippen LogP contribution in [0.4, 0.5) is 11.5 Å². The van der Waals surface area contributed by atoms with E-state index in [0.717, 1.165) is 23.4 Å². The molecule has 0 saturated heterocycles. The zero-order chi connectivity index (χ0) is 19.0. The van der Waals surface area contributed by atoms with Crippen molar-refractivity contribution in [3.8, 4) is 0 Å². The lowest BCUT2D eigenvalue weighted by Crippen LogP contribution is -2.18. The van der Waals surface area contributed by atoms with Gasteiger partial charge in [0.25, 0.3) is 0 Å². The normalized spacial score (nSPS) is 11.1. The second-order valence-corrected chi connectivity index (χ2v) is 7.96.